The van der Waals surface area contributed by atoms with Gasteiger partial charge in [-0.05, 0) is 25.1 Å². The second-order valence-corrected chi connectivity index (χ2v) is 5.48. The van der Waals surface area contributed by atoms with Gasteiger partial charge in [-0.3, -0.25) is 4.79 Å². The van der Waals surface area contributed by atoms with E-state index < -0.39 is 35.6 Å². The highest BCUT2D eigenvalue weighted by molar-refractivity contribution is 6.34. The number of aromatic nitrogens is 1. The Labute approximate surface area is 163 Å². The second kappa shape index (κ2) is 9.14. The van der Waals surface area contributed by atoms with E-state index >= 15 is 0 Å². The fourth-order valence-corrected chi connectivity index (χ4v) is 2.52. The zero-order chi connectivity index (χ0) is 18.6. The van der Waals surface area contributed by atoms with E-state index in [1.807, 2.05) is 0 Å². The standard InChI is InChI=1S/C17H14ClF3NO3.BrH/c1-2-25-16(24)11-5-4-8-22(9-11)10-14(23)15-12(17(19,20)21)6-3-7-13(15)18;/h3-9H,2,10H2,1H3;1H/q+1;/p-1. The summed E-state index contributed by atoms with van der Waals surface area (Å²) < 4.78 is 45.5. The van der Waals surface area contributed by atoms with Gasteiger partial charge in [0.05, 0.1) is 22.8 Å². The number of halogens is 5. The molecular formula is C17H14BrClF3NO3. The quantitative estimate of drug-likeness (QED) is 0.381. The third-order valence-electron chi connectivity index (χ3n) is 3.29. The summed E-state index contributed by atoms with van der Waals surface area (Å²) in [6.45, 7) is 1.43. The minimum Gasteiger partial charge on any atom is -1.00 e. The smallest absolute Gasteiger partial charge is 0.417 e. The van der Waals surface area contributed by atoms with Crippen molar-refractivity contribution in [2.24, 2.45) is 0 Å². The number of pyridine rings is 1. The van der Waals surface area contributed by atoms with Gasteiger partial charge in [-0.2, -0.15) is 17.7 Å². The second-order valence-electron chi connectivity index (χ2n) is 5.07. The van der Waals surface area contributed by atoms with Crippen molar-refractivity contribution in [3.63, 3.8) is 0 Å². The molecule has 26 heavy (non-hydrogen) atoms. The van der Waals surface area contributed by atoms with Crippen LogP contribution in [0, 0.1) is 0 Å². The van der Waals surface area contributed by atoms with E-state index in [2.05, 4.69) is 0 Å². The third-order valence-corrected chi connectivity index (χ3v) is 3.61. The first-order valence-electron chi connectivity index (χ1n) is 7.29. The van der Waals surface area contributed by atoms with E-state index in [0.717, 1.165) is 12.1 Å². The number of carbonyl (C=O) groups excluding carboxylic acids is 2. The van der Waals surface area contributed by atoms with Gasteiger partial charge in [-0.25, -0.2) is 4.79 Å². The van der Waals surface area contributed by atoms with E-state index in [4.69, 9.17) is 16.3 Å². The van der Waals surface area contributed by atoms with Crippen molar-refractivity contribution in [2.45, 2.75) is 19.6 Å². The molecule has 0 aliphatic carbocycles. The lowest BCUT2D eigenvalue weighted by Gasteiger charge is -2.12. The first kappa shape index (κ1) is 22.1. The first-order chi connectivity index (χ1) is 11.7. The van der Waals surface area contributed by atoms with Gasteiger partial charge in [0.1, 0.15) is 5.56 Å². The molecule has 9 heteroatoms. The lowest BCUT2D eigenvalue weighted by molar-refractivity contribution is -0.683. The van der Waals surface area contributed by atoms with Crippen molar-refractivity contribution in [2.75, 3.05) is 6.61 Å². The highest BCUT2D eigenvalue weighted by Crippen LogP contribution is 2.35. The maximum Gasteiger partial charge on any atom is 0.417 e. The van der Waals surface area contributed by atoms with E-state index in [9.17, 15) is 22.8 Å². The zero-order valence-corrected chi connectivity index (χ0v) is 15.9. The van der Waals surface area contributed by atoms with E-state index in [1.54, 1.807) is 6.92 Å². The molecule has 1 heterocycles. The molecule has 140 valence electrons. The summed E-state index contributed by atoms with van der Waals surface area (Å²) in [5.74, 6) is -1.40. The number of ether oxygens (including phenoxy) is 1. The van der Waals surface area contributed by atoms with Crippen molar-refractivity contribution in [3.8, 4) is 0 Å². The Balaban J connectivity index is 0.00000338. The molecule has 0 amide bonds. The van der Waals surface area contributed by atoms with Crippen LogP contribution in [0.2, 0.25) is 5.02 Å². The number of alkyl halides is 3. The van der Waals surface area contributed by atoms with Crippen LogP contribution in [0.15, 0.2) is 42.7 Å². The predicted molar refractivity (Wildman–Crippen MR) is 83.4 cm³/mol. The molecule has 0 spiro atoms. The SMILES string of the molecule is CCOC(=O)c1ccc[n+](CC(=O)c2c(Cl)cccc2C(F)(F)F)c1.[Br-]. The summed E-state index contributed by atoms with van der Waals surface area (Å²) in [5.41, 5.74) is -1.50. The summed E-state index contributed by atoms with van der Waals surface area (Å²) in [7, 11) is 0. The number of rotatable bonds is 5. The van der Waals surface area contributed by atoms with E-state index in [1.165, 1.54) is 35.2 Å². The third kappa shape index (κ3) is 5.28. The fraction of sp³-hybridized carbons (Fsp3) is 0.235. The largest absolute Gasteiger partial charge is 1.00 e. The van der Waals surface area contributed by atoms with Crippen molar-refractivity contribution in [1.82, 2.24) is 0 Å². The van der Waals surface area contributed by atoms with Crippen molar-refractivity contribution >= 4 is 23.4 Å². The summed E-state index contributed by atoms with van der Waals surface area (Å²) in [4.78, 5) is 24.1. The van der Waals surface area contributed by atoms with E-state index in [0.29, 0.717) is 0 Å². The number of Topliss-reactive ketones (excluding diaryl/α,β-unsaturated/α-hetero) is 1. The van der Waals surface area contributed by atoms with Crippen LogP contribution in [0.25, 0.3) is 0 Å². The number of hydrogen-bond acceptors (Lipinski definition) is 3. The van der Waals surface area contributed by atoms with Crippen LogP contribution in [0.3, 0.4) is 0 Å². The van der Waals surface area contributed by atoms with Crippen molar-refractivity contribution in [3.05, 3.63) is 64.4 Å². The highest BCUT2D eigenvalue weighted by Gasteiger charge is 2.36. The molecule has 1 aromatic heterocycles. The fourth-order valence-electron chi connectivity index (χ4n) is 2.24. The van der Waals surface area contributed by atoms with Gasteiger partial charge in [-0.1, -0.05) is 17.7 Å². The molecule has 0 bridgehead atoms. The number of carbonyl (C=O) groups is 2. The van der Waals surface area contributed by atoms with Gasteiger partial charge >= 0.3 is 12.1 Å². The minimum absolute atomic E-state index is 0. The number of ketones is 1. The molecule has 4 nitrogen and oxygen atoms in total. The number of benzene rings is 1. The molecular weight excluding hydrogens is 439 g/mol. The highest BCUT2D eigenvalue weighted by atomic mass is 79.9. The number of esters is 1. The lowest BCUT2D eigenvalue weighted by atomic mass is 10.0. The average Bonchev–Trinajstić information content (AvgIpc) is 2.54. The Morgan fingerprint density at radius 1 is 1.19 bits per heavy atom. The van der Waals surface area contributed by atoms with Gasteiger partial charge in [0.2, 0.25) is 12.3 Å². The van der Waals surface area contributed by atoms with Gasteiger partial charge < -0.3 is 21.7 Å². The Morgan fingerprint density at radius 2 is 1.88 bits per heavy atom. The van der Waals surface area contributed by atoms with E-state index in [-0.39, 0.29) is 34.2 Å². The van der Waals surface area contributed by atoms with Gasteiger partial charge in [0.15, 0.2) is 12.4 Å². The maximum absolute atomic E-state index is 13.1. The van der Waals surface area contributed by atoms with Crippen LogP contribution in [-0.4, -0.2) is 18.4 Å². The summed E-state index contributed by atoms with van der Waals surface area (Å²) in [6, 6.07) is 6.14. The molecule has 0 fully saturated rings. The van der Waals surface area contributed by atoms with Crippen LogP contribution >= 0.6 is 11.6 Å². The number of hydrogen-bond donors (Lipinski definition) is 0. The van der Waals surface area contributed by atoms with Gasteiger partial charge in [0.25, 0.3) is 0 Å². The molecule has 0 unspecified atom stereocenters. The Morgan fingerprint density at radius 3 is 2.50 bits per heavy atom. The predicted octanol–water partition coefficient (Wildman–Crippen LogP) is 0.710. The zero-order valence-electron chi connectivity index (χ0n) is 13.5. The normalized spacial score (nSPS) is 10.8. The number of nitrogens with zero attached hydrogens (tertiary/aromatic N) is 1. The average molecular weight is 453 g/mol. The maximum atomic E-state index is 13.1. The molecule has 0 aliphatic heterocycles. The molecule has 1 aromatic carbocycles. The van der Waals surface area contributed by atoms with Crippen LogP contribution < -0.4 is 21.5 Å². The van der Waals surface area contributed by atoms with Crippen LogP contribution in [0.5, 0.6) is 0 Å². The molecule has 0 radical (unpaired) electrons. The molecule has 0 N–H and O–H groups in total. The van der Waals surface area contributed by atoms with Gasteiger partial charge in [0, 0.05) is 6.07 Å². The molecule has 2 aromatic rings. The minimum atomic E-state index is -4.70. The first-order valence-corrected chi connectivity index (χ1v) is 7.67. The monoisotopic (exact) mass is 451 g/mol. The molecule has 2 rings (SSSR count). The van der Waals surface area contributed by atoms with Crippen LogP contribution in [-0.2, 0) is 17.5 Å². The topological polar surface area (TPSA) is 47.2 Å². The Bertz CT molecular complexity index is 812. The molecule has 0 saturated heterocycles. The Hall–Kier alpha value is -1.93. The summed E-state index contributed by atoms with van der Waals surface area (Å²) >= 11 is 5.82. The van der Waals surface area contributed by atoms with Crippen LogP contribution in [0.4, 0.5) is 13.2 Å². The van der Waals surface area contributed by atoms with Gasteiger partial charge in [-0.15, -0.1) is 0 Å². The summed E-state index contributed by atoms with van der Waals surface area (Å²) in [6.07, 6.45) is -1.90. The molecule has 0 atom stereocenters. The Kier molecular flexibility index (Phi) is 7.77. The van der Waals surface area contributed by atoms with Crippen molar-refractivity contribution in [1.29, 1.82) is 0 Å². The summed E-state index contributed by atoms with van der Waals surface area (Å²) in [5, 5.41) is -0.276. The van der Waals surface area contributed by atoms with Crippen molar-refractivity contribution < 1.29 is 49.0 Å². The lowest BCUT2D eigenvalue weighted by Crippen LogP contribution is -3.00. The van der Waals surface area contributed by atoms with Crippen LogP contribution in [0.1, 0.15) is 33.2 Å². The molecule has 0 saturated carbocycles. The molecule has 0 aliphatic rings.